The van der Waals surface area contributed by atoms with Crippen molar-refractivity contribution in [2.24, 2.45) is 0 Å². The van der Waals surface area contributed by atoms with Crippen LogP contribution in [0.2, 0.25) is 0 Å². The van der Waals surface area contributed by atoms with Gasteiger partial charge in [-0.25, -0.2) is 13.1 Å². The monoisotopic (exact) mass is 341 g/mol. The van der Waals surface area contributed by atoms with Crippen LogP contribution in [0.3, 0.4) is 0 Å². The number of sulfonamides is 1. The lowest BCUT2D eigenvalue weighted by Gasteiger charge is -2.22. The van der Waals surface area contributed by atoms with Gasteiger partial charge in [0.15, 0.2) is 4.67 Å². The second kappa shape index (κ2) is 5.70. The molecule has 2 N–H and O–H groups in total. The zero-order valence-corrected chi connectivity index (χ0v) is 12.8. The topological polar surface area (TPSA) is 88.8 Å². The Morgan fingerprint density at radius 2 is 2.17 bits per heavy atom. The van der Waals surface area contributed by atoms with Crippen molar-refractivity contribution in [2.45, 2.75) is 31.0 Å². The average Bonchev–Trinajstić information content (AvgIpc) is 2.69. The van der Waals surface area contributed by atoms with Crippen molar-refractivity contribution < 1.29 is 22.7 Å². The maximum Gasteiger partial charge on any atom is 0.245 e. The van der Waals surface area contributed by atoms with Gasteiger partial charge >= 0.3 is 0 Å². The molecule has 1 heterocycles. The van der Waals surface area contributed by atoms with Crippen molar-refractivity contribution in [3.63, 3.8) is 0 Å². The molecule has 0 aliphatic carbocycles. The molecule has 0 atom stereocenters. The third-order valence-corrected chi connectivity index (χ3v) is 4.65. The van der Waals surface area contributed by atoms with Gasteiger partial charge in [-0.05, 0) is 29.8 Å². The Balaban J connectivity index is 2.90. The quantitative estimate of drug-likeness (QED) is 0.812. The first-order chi connectivity index (χ1) is 8.22. The van der Waals surface area contributed by atoms with Crippen LogP contribution in [0.1, 0.15) is 19.6 Å². The van der Waals surface area contributed by atoms with Gasteiger partial charge < -0.3 is 14.3 Å². The Hall–Kier alpha value is -0.410. The van der Waals surface area contributed by atoms with E-state index in [4.69, 9.17) is 14.3 Å². The van der Waals surface area contributed by atoms with Gasteiger partial charge in [0.25, 0.3) is 0 Å². The van der Waals surface area contributed by atoms with Crippen molar-refractivity contribution in [2.75, 3.05) is 13.7 Å². The van der Waals surface area contributed by atoms with Crippen LogP contribution in [-0.2, 0) is 21.4 Å². The van der Waals surface area contributed by atoms with E-state index in [9.17, 15) is 8.42 Å². The molecule has 0 saturated carbocycles. The zero-order chi connectivity index (χ0) is 14.0. The van der Waals surface area contributed by atoms with Gasteiger partial charge in [-0.3, -0.25) is 0 Å². The van der Waals surface area contributed by atoms with Crippen molar-refractivity contribution in [1.82, 2.24) is 4.72 Å². The second-order valence-corrected chi connectivity index (χ2v) is 6.75. The molecule has 0 spiro atoms. The zero-order valence-electron chi connectivity index (χ0n) is 10.4. The molecule has 0 aliphatic heterocycles. The lowest BCUT2D eigenvalue weighted by atomic mass is 10.1. The van der Waals surface area contributed by atoms with E-state index in [-0.39, 0.29) is 28.5 Å². The minimum absolute atomic E-state index is 0.0431. The highest BCUT2D eigenvalue weighted by molar-refractivity contribution is 9.10. The van der Waals surface area contributed by atoms with Crippen LogP contribution in [0.5, 0.6) is 0 Å². The number of ether oxygens (including phenoxy) is 1. The van der Waals surface area contributed by atoms with Gasteiger partial charge in [-0.1, -0.05) is 0 Å². The third kappa shape index (κ3) is 3.79. The molecule has 0 unspecified atom stereocenters. The fourth-order valence-corrected chi connectivity index (χ4v) is 3.27. The van der Waals surface area contributed by atoms with Crippen molar-refractivity contribution in [3.05, 3.63) is 16.5 Å². The molecule has 0 radical (unpaired) electrons. The van der Waals surface area contributed by atoms with Gasteiger partial charge in [-0.2, -0.15) is 0 Å². The van der Waals surface area contributed by atoms with E-state index in [0.29, 0.717) is 0 Å². The summed E-state index contributed by atoms with van der Waals surface area (Å²) < 4.78 is 36.6. The number of aliphatic hydroxyl groups excluding tert-OH is 1. The molecular formula is C10H16BrNO5S. The van der Waals surface area contributed by atoms with Gasteiger partial charge in [-0.15, -0.1) is 0 Å². The SMILES string of the molecule is COC(C)(C)CNS(=O)(=O)c1cc(CO)oc1Br. The molecule has 0 bridgehead atoms. The Bertz CT molecular complexity index is 508. The predicted molar refractivity (Wildman–Crippen MR) is 68.6 cm³/mol. The molecular weight excluding hydrogens is 326 g/mol. The molecule has 0 amide bonds. The summed E-state index contributed by atoms with van der Waals surface area (Å²) in [6.45, 7) is 3.29. The smallest absolute Gasteiger partial charge is 0.245 e. The third-order valence-electron chi connectivity index (χ3n) is 2.39. The highest BCUT2D eigenvalue weighted by Crippen LogP contribution is 2.26. The number of aliphatic hydroxyl groups is 1. The van der Waals surface area contributed by atoms with Crippen LogP contribution >= 0.6 is 15.9 Å². The molecule has 0 saturated heterocycles. The molecule has 0 aromatic carbocycles. The summed E-state index contributed by atoms with van der Waals surface area (Å²) in [5.74, 6) is 0.174. The predicted octanol–water partition coefficient (Wildman–Crippen LogP) is 1.24. The van der Waals surface area contributed by atoms with Crippen molar-refractivity contribution in [3.8, 4) is 0 Å². The summed E-state index contributed by atoms with van der Waals surface area (Å²) >= 11 is 3.00. The number of rotatable bonds is 6. The molecule has 104 valence electrons. The first kappa shape index (κ1) is 15.6. The molecule has 1 aromatic rings. The second-order valence-electron chi connectivity index (χ2n) is 4.30. The van der Waals surface area contributed by atoms with Crippen LogP contribution in [0, 0.1) is 0 Å². The molecule has 18 heavy (non-hydrogen) atoms. The van der Waals surface area contributed by atoms with Crippen molar-refractivity contribution >= 4 is 26.0 Å². The summed E-state index contributed by atoms with van der Waals surface area (Å²) in [5.41, 5.74) is -0.608. The summed E-state index contributed by atoms with van der Waals surface area (Å²) in [6, 6.07) is 1.27. The average molecular weight is 342 g/mol. The number of hydrogen-bond acceptors (Lipinski definition) is 5. The van der Waals surface area contributed by atoms with Crippen LogP contribution in [0.15, 0.2) is 20.0 Å². The lowest BCUT2D eigenvalue weighted by molar-refractivity contribution is 0.0276. The largest absolute Gasteiger partial charge is 0.450 e. The normalized spacial score (nSPS) is 12.9. The highest BCUT2D eigenvalue weighted by atomic mass is 79.9. The Labute approximate surface area is 115 Å². The number of hydrogen-bond donors (Lipinski definition) is 2. The van der Waals surface area contributed by atoms with E-state index in [0.717, 1.165) is 0 Å². The molecule has 0 aliphatic rings. The standard InChI is InChI=1S/C10H16BrNO5S/c1-10(2,16-3)6-12-18(14,15)8-4-7(5-13)17-9(8)11/h4,12-13H,5-6H2,1-3H3. The Morgan fingerprint density at radius 3 is 2.61 bits per heavy atom. The van der Waals surface area contributed by atoms with E-state index in [1.165, 1.54) is 13.2 Å². The Kier molecular flexibility index (Phi) is 4.96. The fourth-order valence-electron chi connectivity index (χ4n) is 1.08. The van der Waals surface area contributed by atoms with E-state index in [2.05, 4.69) is 20.7 Å². The summed E-state index contributed by atoms with van der Waals surface area (Å²) in [5, 5.41) is 8.89. The summed E-state index contributed by atoms with van der Waals surface area (Å²) in [4.78, 5) is -0.0431. The van der Waals surface area contributed by atoms with Gasteiger partial charge in [0.2, 0.25) is 10.0 Å². The van der Waals surface area contributed by atoms with E-state index >= 15 is 0 Å². The maximum atomic E-state index is 12.0. The molecule has 8 heteroatoms. The van der Waals surface area contributed by atoms with E-state index in [1.807, 2.05) is 0 Å². The van der Waals surface area contributed by atoms with Gasteiger partial charge in [0.1, 0.15) is 17.3 Å². The summed E-state index contributed by atoms with van der Waals surface area (Å²) in [6.07, 6.45) is 0. The van der Waals surface area contributed by atoms with Gasteiger partial charge in [0.05, 0.1) is 5.60 Å². The molecule has 0 fully saturated rings. The van der Waals surface area contributed by atoms with Crippen LogP contribution < -0.4 is 4.72 Å². The minimum atomic E-state index is -3.71. The van der Waals surface area contributed by atoms with Gasteiger partial charge in [0, 0.05) is 19.7 Å². The molecule has 1 aromatic heterocycles. The first-order valence-electron chi connectivity index (χ1n) is 5.16. The molecule has 1 rings (SSSR count). The Morgan fingerprint density at radius 1 is 1.56 bits per heavy atom. The molecule has 6 nitrogen and oxygen atoms in total. The maximum absolute atomic E-state index is 12.0. The van der Waals surface area contributed by atoms with Crippen LogP contribution in [-0.4, -0.2) is 32.8 Å². The fraction of sp³-hybridized carbons (Fsp3) is 0.600. The number of furan rings is 1. The van der Waals surface area contributed by atoms with E-state index in [1.54, 1.807) is 13.8 Å². The number of halogens is 1. The lowest BCUT2D eigenvalue weighted by Crippen LogP contribution is -2.39. The highest BCUT2D eigenvalue weighted by Gasteiger charge is 2.25. The van der Waals surface area contributed by atoms with E-state index < -0.39 is 15.6 Å². The van der Waals surface area contributed by atoms with Crippen LogP contribution in [0.25, 0.3) is 0 Å². The first-order valence-corrected chi connectivity index (χ1v) is 7.43. The summed E-state index contributed by atoms with van der Waals surface area (Å²) in [7, 11) is -2.20. The number of nitrogens with one attached hydrogen (secondary N) is 1. The number of methoxy groups -OCH3 is 1. The van der Waals surface area contributed by atoms with Crippen molar-refractivity contribution in [1.29, 1.82) is 0 Å². The van der Waals surface area contributed by atoms with Crippen LogP contribution in [0.4, 0.5) is 0 Å². The minimum Gasteiger partial charge on any atom is -0.450 e.